The first-order chi connectivity index (χ1) is 14.2. The molecule has 30 heavy (non-hydrogen) atoms. The number of hydrogen-bond acceptors (Lipinski definition) is 4. The van der Waals surface area contributed by atoms with E-state index in [2.05, 4.69) is 17.2 Å². The molecule has 2 aromatic rings. The van der Waals surface area contributed by atoms with Gasteiger partial charge in [0.2, 0.25) is 11.8 Å². The number of carbonyl (C=O) groups is 2. The number of piperidine rings is 1. The van der Waals surface area contributed by atoms with Gasteiger partial charge >= 0.3 is 0 Å². The molecule has 2 aliphatic heterocycles. The van der Waals surface area contributed by atoms with E-state index in [1.165, 1.54) is 18.2 Å². The maximum absolute atomic E-state index is 13.5. The van der Waals surface area contributed by atoms with Crippen LogP contribution in [0.25, 0.3) is 0 Å². The van der Waals surface area contributed by atoms with Crippen LogP contribution in [-0.4, -0.2) is 22.8 Å². The molecule has 2 aromatic carbocycles. The van der Waals surface area contributed by atoms with E-state index in [4.69, 9.17) is 23.2 Å². The number of anilines is 1. The molecule has 1 fully saturated rings. The lowest BCUT2D eigenvalue weighted by Gasteiger charge is -2.46. The third-order valence-corrected chi connectivity index (χ3v) is 6.28. The van der Waals surface area contributed by atoms with Gasteiger partial charge in [-0.25, -0.2) is 0 Å². The molecule has 2 heterocycles. The average Bonchev–Trinajstić information content (AvgIpc) is 2.94. The molecule has 9 heteroatoms. The number of rotatable bonds is 3. The van der Waals surface area contributed by atoms with E-state index in [1.807, 2.05) is 0 Å². The van der Waals surface area contributed by atoms with E-state index in [9.17, 15) is 19.7 Å². The zero-order valence-electron chi connectivity index (χ0n) is 15.9. The quantitative estimate of drug-likeness (QED) is 0.416. The fraction of sp³-hybridized carbons (Fsp3) is 0.238. The van der Waals surface area contributed by atoms with Crippen LogP contribution in [0.2, 0.25) is 10.0 Å². The lowest BCUT2D eigenvalue weighted by Crippen LogP contribution is -2.62. The Morgan fingerprint density at radius 3 is 2.53 bits per heavy atom. The number of fused-ring (bicyclic) bond motifs is 2. The number of nitrogens with zero attached hydrogens (tertiary/aromatic N) is 1. The number of halogens is 2. The topological polar surface area (TPSA) is 101 Å². The van der Waals surface area contributed by atoms with Crippen LogP contribution in [0.4, 0.5) is 11.4 Å². The van der Waals surface area contributed by atoms with Gasteiger partial charge in [-0.2, -0.15) is 0 Å². The fourth-order valence-electron chi connectivity index (χ4n) is 4.68. The van der Waals surface area contributed by atoms with Gasteiger partial charge in [-0.05, 0) is 36.8 Å². The van der Waals surface area contributed by atoms with Gasteiger partial charge in [-0.1, -0.05) is 41.4 Å². The Morgan fingerprint density at radius 1 is 1.20 bits per heavy atom. The van der Waals surface area contributed by atoms with Gasteiger partial charge in [0.15, 0.2) is 0 Å². The Kier molecular flexibility index (Phi) is 4.83. The van der Waals surface area contributed by atoms with Crippen LogP contribution < -0.4 is 10.6 Å². The number of benzene rings is 2. The Hall–Kier alpha value is -2.90. The van der Waals surface area contributed by atoms with Gasteiger partial charge in [0.1, 0.15) is 5.41 Å². The molecule has 1 saturated heterocycles. The fourth-order valence-corrected chi connectivity index (χ4v) is 5.03. The summed E-state index contributed by atoms with van der Waals surface area (Å²) in [6.07, 6.45) is -0.125. The highest BCUT2D eigenvalue weighted by molar-refractivity contribution is 6.31. The standard InChI is InChI=1S/C21H17Cl2N3O4/c1-10(2)19-21(14-5-3-12(23)8-16(14)24-20(21)28)15(9-18(27)25-19)13-7-11(22)4-6-17(13)26(29)30/h3-8,15,19H,1,9H2,2H3,(H,24,28)(H,25,27)/t15-,19+,21-/m0/s1. The number of nitro groups is 1. The van der Waals surface area contributed by atoms with Gasteiger partial charge in [-0.3, -0.25) is 19.7 Å². The van der Waals surface area contributed by atoms with Crippen molar-refractivity contribution in [3.05, 3.63) is 79.8 Å². The minimum absolute atomic E-state index is 0.125. The first kappa shape index (κ1) is 20.4. The normalized spacial score (nSPS) is 24.9. The number of hydrogen-bond donors (Lipinski definition) is 2. The molecule has 7 nitrogen and oxygen atoms in total. The van der Waals surface area contributed by atoms with Crippen LogP contribution in [0.3, 0.4) is 0 Å². The summed E-state index contributed by atoms with van der Waals surface area (Å²) in [7, 11) is 0. The summed E-state index contributed by atoms with van der Waals surface area (Å²) in [6, 6.07) is 8.38. The van der Waals surface area contributed by atoms with Crippen molar-refractivity contribution in [3.63, 3.8) is 0 Å². The third kappa shape index (κ3) is 2.88. The van der Waals surface area contributed by atoms with Crippen molar-refractivity contribution in [1.29, 1.82) is 0 Å². The largest absolute Gasteiger partial charge is 0.348 e. The summed E-state index contributed by atoms with van der Waals surface area (Å²) in [5, 5.41) is 18.2. The molecule has 154 valence electrons. The Labute approximate surface area is 182 Å². The molecule has 0 unspecified atom stereocenters. The maximum atomic E-state index is 13.5. The average molecular weight is 446 g/mol. The molecule has 0 saturated carbocycles. The van der Waals surface area contributed by atoms with Gasteiger partial charge in [-0.15, -0.1) is 0 Å². The van der Waals surface area contributed by atoms with Crippen molar-refractivity contribution in [2.45, 2.75) is 30.7 Å². The lowest BCUT2D eigenvalue weighted by atomic mass is 9.59. The van der Waals surface area contributed by atoms with Crippen molar-refractivity contribution >= 4 is 46.4 Å². The summed E-state index contributed by atoms with van der Waals surface area (Å²) in [5.41, 5.74) is 0.347. The molecule has 2 aliphatic rings. The molecule has 2 N–H and O–H groups in total. The van der Waals surface area contributed by atoms with Crippen LogP contribution in [-0.2, 0) is 15.0 Å². The molecular formula is C21H17Cl2N3O4. The van der Waals surface area contributed by atoms with Crippen molar-refractivity contribution in [2.24, 2.45) is 0 Å². The second kappa shape index (κ2) is 7.11. The van der Waals surface area contributed by atoms with Crippen molar-refractivity contribution < 1.29 is 14.5 Å². The molecule has 0 radical (unpaired) electrons. The Morgan fingerprint density at radius 2 is 1.87 bits per heavy atom. The van der Waals surface area contributed by atoms with Crippen molar-refractivity contribution in [2.75, 3.05) is 5.32 Å². The first-order valence-electron chi connectivity index (χ1n) is 9.16. The summed E-state index contributed by atoms with van der Waals surface area (Å²) in [5.74, 6) is -1.55. The van der Waals surface area contributed by atoms with Crippen molar-refractivity contribution in [1.82, 2.24) is 5.32 Å². The summed E-state index contributed by atoms with van der Waals surface area (Å²) < 4.78 is 0. The molecule has 0 aromatic heterocycles. The highest BCUT2D eigenvalue weighted by Crippen LogP contribution is 2.55. The smallest absolute Gasteiger partial charge is 0.273 e. The highest BCUT2D eigenvalue weighted by Gasteiger charge is 2.61. The monoisotopic (exact) mass is 445 g/mol. The summed E-state index contributed by atoms with van der Waals surface area (Å²) in [6.45, 7) is 5.69. The van der Waals surface area contributed by atoms with Crippen molar-refractivity contribution in [3.8, 4) is 0 Å². The number of nitro benzene ring substituents is 1. The number of amides is 2. The van der Waals surface area contributed by atoms with Gasteiger partial charge < -0.3 is 10.6 Å². The SMILES string of the molecule is C=C(C)[C@H]1NC(=O)C[C@@H](c2cc(Cl)ccc2[N+](=O)[O-])[C@]12C(=O)Nc1cc(Cl)ccc12. The lowest BCUT2D eigenvalue weighted by molar-refractivity contribution is -0.385. The molecule has 0 bridgehead atoms. The van der Waals surface area contributed by atoms with Gasteiger partial charge in [0, 0.05) is 39.7 Å². The minimum atomic E-state index is -1.34. The van der Waals surface area contributed by atoms with E-state index >= 15 is 0 Å². The van der Waals surface area contributed by atoms with Gasteiger partial charge in [0.05, 0.1) is 11.0 Å². The van der Waals surface area contributed by atoms with Crippen LogP contribution in [0, 0.1) is 10.1 Å². The van der Waals surface area contributed by atoms with E-state index in [0.29, 0.717) is 21.8 Å². The van der Waals surface area contributed by atoms with Crippen LogP contribution in [0.1, 0.15) is 30.4 Å². The second-order valence-electron chi connectivity index (χ2n) is 7.58. The van der Waals surface area contributed by atoms with E-state index in [0.717, 1.165) is 0 Å². The second-order valence-corrected chi connectivity index (χ2v) is 8.45. The predicted molar refractivity (Wildman–Crippen MR) is 114 cm³/mol. The molecule has 3 atom stereocenters. The van der Waals surface area contributed by atoms with E-state index in [1.54, 1.807) is 25.1 Å². The van der Waals surface area contributed by atoms with Crippen LogP contribution >= 0.6 is 23.2 Å². The molecule has 4 rings (SSSR count). The first-order valence-corrected chi connectivity index (χ1v) is 9.92. The summed E-state index contributed by atoms with van der Waals surface area (Å²) >= 11 is 12.3. The van der Waals surface area contributed by atoms with E-state index in [-0.39, 0.29) is 34.5 Å². The zero-order chi connectivity index (χ0) is 21.8. The molecule has 2 amide bonds. The van der Waals surface area contributed by atoms with E-state index < -0.39 is 22.3 Å². The minimum Gasteiger partial charge on any atom is -0.348 e. The predicted octanol–water partition coefficient (Wildman–Crippen LogP) is 4.34. The third-order valence-electron chi connectivity index (χ3n) is 5.81. The number of nitrogens with one attached hydrogen (secondary N) is 2. The van der Waals surface area contributed by atoms with Crippen LogP contribution in [0.5, 0.6) is 0 Å². The molecule has 0 aliphatic carbocycles. The molecular weight excluding hydrogens is 429 g/mol. The number of carbonyl (C=O) groups excluding carboxylic acids is 2. The highest BCUT2D eigenvalue weighted by atomic mass is 35.5. The summed E-state index contributed by atoms with van der Waals surface area (Å²) in [4.78, 5) is 37.4. The Bertz CT molecular complexity index is 1130. The molecule has 1 spiro atoms. The van der Waals surface area contributed by atoms with Crippen LogP contribution in [0.15, 0.2) is 48.6 Å². The van der Waals surface area contributed by atoms with Gasteiger partial charge in [0.25, 0.3) is 5.69 Å². The Balaban J connectivity index is 2.06. The zero-order valence-corrected chi connectivity index (χ0v) is 17.4. The maximum Gasteiger partial charge on any atom is 0.273 e.